The zero-order chi connectivity index (χ0) is 16.0. The molecule has 1 aromatic rings. The lowest BCUT2D eigenvalue weighted by Gasteiger charge is -2.50. The van der Waals surface area contributed by atoms with Gasteiger partial charge in [-0.1, -0.05) is 19.3 Å². The molecule has 4 rings (SSSR count). The van der Waals surface area contributed by atoms with Crippen molar-refractivity contribution >= 4 is 5.91 Å². The highest BCUT2D eigenvalue weighted by Gasteiger charge is 2.52. The fourth-order valence-electron chi connectivity index (χ4n) is 4.79. The first-order valence-electron chi connectivity index (χ1n) is 8.99. The number of fused-ring (bicyclic) bond motifs is 1. The molecular formula is C17H26N4O2. The Bertz CT molecular complexity index is 587. The SMILES string of the molecule is C[C@H]1c2nncn2CCN1C(=O)C1CC(O)(C2CCCCC2)C1. The molecule has 6 nitrogen and oxygen atoms in total. The van der Waals surface area contributed by atoms with Gasteiger partial charge in [-0.2, -0.15) is 0 Å². The molecule has 2 saturated carbocycles. The van der Waals surface area contributed by atoms with Gasteiger partial charge in [0, 0.05) is 19.0 Å². The van der Waals surface area contributed by atoms with Crippen LogP contribution in [0.25, 0.3) is 0 Å². The predicted molar refractivity (Wildman–Crippen MR) is 84.4 cm³/mol. The fraction of sp³-hybridized carbons (Fsp3) is 0.824. The average Bonchev–Trinajstić information content (AvgIpc) is 3.02. The van der Waals surface area contributed by atoms with E-state index < -0.39 is 5.60 Å². The van der Waals surface area contributed by atoms with Gasteiger partial charge in [-0.05, 0) is 38.5 Å². The van der Waals surface area contributed by atoms with Crippen molar-refractivity contribution in [1.82, 2.24) is 19.7 Å². The van der Waals surface area contributed by atoms with E-state index in [2.05, 4.69) is 10.2 Å². The van der Waals surface area contributed by atoms with Crippen LogP contribution in [0, 0.1) is 11.8 Å². The minimum absolute atomic E-state index is 0.0150. The lowest BCUT2D eigenvalue weighted by molar-refractivity contribution is -0.166. The van der Waals surface area contributed by atoms with E-state index in [9.17, 15) is 9.90 Å². The second kappa shape index (κ2) is 5.58. The summed E-state index contributed by atoms with van der Waals surface area (Å²) in [7, 11) is 0. The van der Waals surface area contributed by atoms with Crippen molar-refractivity contribution in [3.8, 4) is 0 Å². The molecule has 3 aliphatic rings. The molecule has 0 unspecified atom stereocenters. The van der Waals surface area contributed by atoms with Crippen molar-refractivity contribution in [2.75, 3.05) is 6.54 Å². The Morgan fingerprint density at radius 1 is 1.26 bits per heavy atom. The van der Waals surface area contributed by atoms with Gasteiger partial charge in [0.1, 0.15) is 6.33 Å². The zero-order valence-electron chi connectivity index (χ0n) is 13.8. The number of aromatic nitrogens is 3. The molecule has 1 aromatic heterocycles. The molecule has 126 valence electrons. The van der Waals surface area contributed by atoms with E-state index in [1.54, 1.807) is 6.33 Å². The number of carbonyl (C=O) groups is 1. The lowest BCUT2D eigenvalue weighted by Crippen LogP contribution is -2.56. The second-order valence-corrected chi connectivity index (χ2v) is 7.63. The van der Waals surface area contributed by atoms with E-state index in [0.717, 1.165) is 25.2 Å². The third-order valence-corrected chi connectivity index (χ3v) is 6.27. The molecule has 2 aliphatic carbocycles. The Balaban J connectivity index is 1.40. The molecule has 0 spiro atoms. The lowest BCUT2D eigenvalue weighted by atomic mass is 9.61. The summed E-state index contributed by atoms with van der Waals surface area (Å²) in [5.74, 6) is 1.44. The standard InChI is InChI=1S/C17H26N4O2/c1-12-15-19-18-11-20(15)7-8-21(12)16(22)13-9-17(23,10-13)14-5-3-2-4-6-14/h11-14,23H,2-10H2,1H3/t12-,13?,17?/m0/s1. The maximum atomic E-state index is 12.9. The van der Waals surface area contributed by atoms with Crippen molar-refractivity contribution in [3.05, 3.63) is 12.2 Å². The van der Waals surface area contributed by atoms with Gasteiger partial charge in [-0.3, -0.25) is 4.79 Å². The maximum absolute atomic E-state index is 12.9. The maximum Gasteiger partial charge on any atom is 0.226 e. The summed E-state index contributed by atoms with van der Waals surface area (Å²) in [5, 5.41) is 18.9. The summed E-state index contributed by atoms with van der Waals surface area (Å²) in [4.78, 5) is 14.8. The smallest absolute Gasteiger partial charge is 0.226 e. The summed E-state index contributed by atoms with van der Waals surface area (Å²) >= 11 is 0. The van der Waals surface area contributed by atoms with Crippen molar-refractivity contribution in [1.29, 1.82) is 0 Å². The van der Waals surface area contributed by atoms with Gasteiger partial charge in [0.2, 0.25) is 5.91 Å². The first-order valence-corrected chi connectivity index (χ1v) is 8.99. The quantitative estimate of drug-likeness (QED) is 0.904. The van der Waals surface area contributed by atoms with Crippen LogP contribution >= 0.6 is 0 Å². The Hall–Kier alpha value is -1.43. The highest BCUT2D eigenvalue weighted by atomic mass is 16.3. The van der Waals surface area contributed by atoms with Crippen molar-refractivity contribution in [2.45, 2.75) is 70.1 Å². The Morgan fingerprint density at radius 3 is 2.74 bits per heavy atom. The molecule has 0 aromatic carbocycles. The Labute approximate surface area is 136 Å². The Kier molecular flexibility index (Phi) is 3.67. The number of nitrogens with zero attached hydrogens (tertiary/aromatic N) is 4. The molecule has 2 fully saturated rings. The largest absolute Gasteiger partial charge is 0.390 e. The van der Waals surface area contributed by atoms with Gasteiger partial charge in [-0.25, -0.2) is 0 Å². The van der Waals surface area contributed by atoms with E-state index >= 15 is 0 Å². The molecular weight excluding hydrogens is 292 g/mol. The van der Waals surface area contributed by atoms with Crippen LogP contribution in [0.3, 0.4) is 0 Å². The van der Waals surface area contributed by atoms with E-state index in [1.165, 1.54) is 19.3 Å². The van der Waals surface area contributed by atoms with Crippen LogP contribution in [0.4, 0.5) is 0 Å². The van der Waals surface area contributed by atoms with Gasteiger partial charge in [0.05, 0.1) is 11.6 Å². The molecule has 1 amide bonds. The second-order valence-electron chi connectivity index (χ2n) is 7.63. The molecule has 1 atom stereocenters. The highest BCUT2D eigenvalue weighted by Crippen LogP contribution is 2.49. The number of aliphatic hydroxyl groups is 1. The Morgan fingerprint density at radius 2 is 2.00 bits per heavy atom. The molecule has 1 N–H and O–H groups in total. The van der Waals surface area contributed by atoms with Crippen LogP contribution < -0.4 is 0 Å². The minimum atomic E-state index is -0.584. The fourth-order valence-corrected chi connectivity index (χ4v) is 4.79. The summed E-state index contributed by atoms with van der Waals surface area (Å²) < 4.78 is 2.02. The van der Waals surface area contributed by atoms with Crippen LogP contribution in [0.15, 0.2) is 6.33 Å². The summed E-state index contributed by atoms with van der Waals surface area (Å²) in [5.41, 5.74) is -0.584. The monoisotopic (exact) mass is 318 g/mol. The van der Waals surface area contributed by atoms with Gasteiger partial charge < -0.3 is 14.6 Å². The predicted octanol–water partition coefficient (Wildman–Crippen LogP) is 1.90. The summed E-state index contributed by atoms with van der Waals surface area (Å²) in [6.45, 7) is 3.49. The number of hydrogen-bond acceptors (Lipinski definition) is 4. The van der Waals surface area contributed by atoms with Gasteiger partial charge >= 0.3 is 0 Å². The first-order chi connectivity index (χ1) is 11.1. The summed E-state index contributed by atoms with van der Waals surface area (Å²) in [6, 6.07) is -0.0258. The highest BCUT2D eigenvalue weighted by molar-refractivity contribution is 5.80. The van der Waals surface area contributed by atoms with Crippen LogP contribution in [-0.4, -0.2) is 42.8 Å². The number of hydrogen-bond donors (Lipinski definition) is 1. The van der Waals surface area contributed by atoms with Crippen LogP contribution in [0.2, 0.25) is 0 Å². The number of carbonyl (C=O) groups excluding carboxylic acids is 1. The van der Waals surface area contributed by atoms with E-state index in [1.807, 2.05) is 16.4 Å². The molecule has 6 heteroatoms. The van der Waals surface area contributed by atoms with Crippen molar-refractivity contribution in [2.24, 2.45) is 11.8 Å². The zero-order valence-corrected chi connectivity index (χ0v) is 13.8. The van der Waals surface area contributed by atoms with Gasteiger partial charge in [0.15, 0.2) is 5.82 Å². The molecule has 0 bridgehead atoms. The first kappa shape index (κ1) is 15.1. The van der Waals surface area contributed by atoms with Crippen LogP contribution in [0.5, 0.6) is 0 Å². The normalized spacial score (nSPS) is 34.8. The van der Waals surface area contributed by atoms with Gasteiger partial charge in [-0.15, -0.1) is 10.2 Å². The van der Waals surface area contributed by atoms with E-state index in [0.29, 0.717) is 25.3 Å². The molecule has 0 radical (unpaired) electrons. The van der Waals surface area contributed by atoms with E-state index in [4.69, 9.17) is 0 Å². The average molecular weight is 318 g/mol. The topological polar surface area (TPSA) is 71.2 Å². The molecule has 0 saturated heterocycles. The van der Waals surface area contributed by atoms with Gasteiger partial charge in [0.25, 0.3) is 0 Å². The third-order valence-electron chi connectivity index (χ3n) is 6.27. The third kappa shape index (κ3) is 2.47. The molecule has 1 aliphatic heterocycles. The summed E-state index contributed by atoms with van der Waals surface area (Å²) in [6.07, 6.45) is 9.02. The minimum Gasteiger partial charge on any atom is -0.390 e. The van der Waals surface area contributed by atoms with Crippen LogP contribution in [0.1, 0.15) is 63.7 Å². The van der Waals surface area contributed by atoms with Crippen molar-refractivity contribution in [3.63, 3.8) is 0 Å². The molecule has 23 heavy (non-hydrogen) atoms. The van der Waals surface area contributed by atoms with E-state index in [-0.39, 0.29) is 17.9 Å². The molecule has 2 heterocycles. The van der Waals surface area contributed by atoms with Crippen molar-refractivity contribution < 1.29 is 9.90 Å². The van der Waals surface area contributed by atoms with Crippen LogP contribution in [-0.2, 0) is 11.3 Å². The number of amides is 1. The number of rotatable bonds is 2.